The molecule has 114 valence electrons. The molecule has 0 fully saturated rings. The van der Waals surface area contributed by atoms with Crippen molar-refractivity contribution in [2.24, 2.45) is 0 Å². The highest BCUT2D eigenvalue weighted by Gasteiger charge is 2.13. The van der Waals surface area contributed by atoms with Gasteiger partial charge in [0.05, 0.1) is 15.6 Å². The normalized spacial score (nSPS) is 10.5. The first kappa shape index (κ1) is 16.0. The van der Waals surface area contributed by atoms with E-state index in [2.05, 4.69) is 19.2 Å². The molecule has 22 heavy (non-hydrogen) atoms. The Morgan fingerprint density at radius 2 is 1.82 bits per heavy atom. The fourth-order valence-electron chi connectivity index (χ4n) is 1.94. The van der Waals surface area contributed by atoms with E-state index in [0.29, 0.717) is 11.5 Å². The van der Waals surface area contributed by atoms with E-state index in [1.54, 1.807) is 12.1 Å². The van der Waals surface area contributed by atoms with Crippen LogP contribution >= 0.6 is 11.6 Å². The number of carbonyl (C=O) groups excluding carboxylic acids is 1. The quantitative estimate of drug-likeness (QED) is 0.660. The fourth-order valence-corrected chi connectivity index (χ4v) is 2.10. The first-order valence-corrected chi connectivity index (χ1v) is 7.11. The Balaban J connectivity index is 2.21. The smallest absolute Gasteiger partial charge is 0.271 e. The topological polar surface area (TPSA) is 72.2 Å². The summed E-state index contributed by atoms with van der Waals surface area (Å²) < 4.78 is 0. The second-order valence-corrected chi connectivity index (χ2v) is 5.56. The van der Waals surface area contributed by atoms with Crippen molar-refractivity contribution >= 4 is 28.9 Å². The van der Waals surface area contributed by atoms with Crippen molar-refractivity contribution < 1.29 is 9.72 Å². The van der Waals surface area contributed by atoms with Crippen molar-refractivity contribution in [2.75, 3.05) is 5.32 Å². The van der Waals surface area contributed by atoms with Crippen molar-refractivity contribution in [3.05, 3.63) is 68.7 Å². The number of benzene rings is 2. The van der Waals surface area contributed by atoms with E-state index in [1.165, 1.54) is 18.2 Å². The van der Waals surface area contributed by atoms with E-state index in [4.69, 9.17) is 11.6 Å². The van der Waals surface area contributed by atoms with Crippen LogP contribution in [0.5, 0.6) is 0 Å². The van der Waals surface area contributed by atoms with Gasteiger partial charge < -0.3 is 5.32 Å². The molecule has 0 aliphatic heterocycles. The van der Waals surface area contributed by atoms with Crippen LogP contribution in [0.1, 0.15) is 35.7 Å². The van der Waals surface area contributed by atoms with Crippen molar-refractivity contribution in [1.82, 2.24) is 0 Å². The molecule has 0 saturated carbocycles. The summed E-state index contributed by atoms with van der Waals surface area (Å²) in [7, 11) is 0. The molecule has 0 aliphatic rings. The molecule has 6 heteroatoms. The molecule has 5 nitrogen and oxygen atoms in total. The highest BCUT2D eigenvalue weighted by Crippen LogP contribution is 2.27. The van der Waals surface area contributed by atoms with Gasteiger partial charge in [0.15, 0.2) is 0 Å². The van der Waals surface area contributed by atoms with Crippen LogP contribution in [0.15, 0.2) is 42.5 Å². The summed E-state index contributed by atoms with van der Waals surface area (Å²) in [5.74, 6) is 0.0148. The number of amides is 1. The van der Waals surface area contributed by atoms with Gasteiger partial charge in [-0.1, -0.05) is 37.6 Å². The van der Waals surface area contributed by atoms with Crippen molar-refractivity contribution in [3.8, 4) is 0 Å². The molecular formula is C16H15ClN2O3. The molecule has 0 aromatic heterocycles. The molecule has 0 aliphatic carbocycles. The number of hydrogen-bond acceptors (Lipinski definition) is 3. The number of rotatable bonds is 4. The Bertz CT molecular complexity index is 712. The lowest BCUT2D eigenvalue weighted by Gasteiger charge is -2.09. The third-order valence-electron chi connectivity index (χ3n) is 3.25. The van der Waals surface area contributed by atoms with Gasteiger partial charge in [-0.15, -0.1) is 0 Å². The first-order valence-electron chi connectivity index (χ1n) is 6.73. The first-order chi connectivity index (χ1) is 10.4. The van der Waals surface area contributed by atoms with Gasteiger partial charge in [-0.3, -0.25) is 14.9 Å². The number of non-ortho nitro benzene ring substituents is 1. The molecule has 0 saturated heterocycles. The lowest BCUT2D eigenvalue weighted by Crippen LogP contribution is -2.12. The zero-order valence-electron chi connectivity index (χ0n) is 12.2. The minimum absolute atomic E-state index is 0.130. The summed E-state index contributed by atoms with van der Waals surface area (Å²) in [5.41, 5.74) is 1.68. The second-order valence-electron chi connectivity index (χ2n) is 5.15. The Morgan fingerprint density at radius 3 is 2.36 bits per heavy atom. The molecule has 2 rings (SSSR count). The van der Waals surface area contributed by atoms with Gasteiger partial charge in [-0.25, -0.2) is 0 Å². The SMILES string of the molecule is CC(C)c1ccc(C(=O)Nc2cc([N+](=O)[O-])ccc2Cl)cc1. The predicted molar refractivity (Wildman–Crippen MR) is 86.6 cm³/mol. The van der Waals surface area contributed by atoms with Gasteiger partial charge >= 0.3 is 0 Å². The molecule has 0 unspecified atom stereocenters. The minimum atomic E-state index is -0.538. The largest absolute Gasteiger partial charge is 0.320 e. The second kappa shape index (κ2) is 6.58. The van der Waals surface area contributed by atoms with Crippen LogP contribution in [0.2, 0.25) is 5.02 Å². The number of nitrogens with zero attached hydrogens (tertiary/aromatic N) is 1. The molecule has 0 radical (unpaired) electrons. The zero-order valence-corrected chi connectivity index (χ0v) is 12.9. The van der Waals surface area contributed by atoms with Crippen LogP contribution in [-0.4, -0.2) is 10.8 Å². The van der Waals surface area contributed by atoms with Gasteiger partial charge in [-0.05, 0) is 29.7 Å². The van der Waals surface area contributed by atoms with Gasteiger partial charge in [-0.2, -0.15) is 0 Å². The number of nitrogens with one attached hydrogen (secondary N) is 1. The standard InChI is InChI=1S/C16H15ClN2O3/c1-10(2)11-3-5-12(6-4-11)16(20)18-15-9-13(19(21)22)7-8-14(15)17/h3-10H,1-2H3,(H,18,20). The van der Waals surface area contributed by atoms with Crippen LogP contribution in [0, 0.1) is 10.1 Å². The number of hydrogen-bond donors (Lipinski definition) is 1. The van der Waals surface area contributed by atoms with Gasteiger partial charge in [0, 0.05) is 17.7 Å². The lowest BCUT2D eigenvalue weighted by atomic mass is 10.0. The number of halogens is 1. The minimum Gasteiger partial charge on any atom is -0.320 e. The van der Waals surface area contributed by atoms with E-state index in [1.807, 2.05) is 12.1 Å². The third-order valence-corrected chi connectivity index (χ3v) is 3.58. The Kier molecular flexibility index (Phi) is 4.78. The Hall–Kier alpha value is -2.40. The van der Waals surface area contributed by atoms with Gasteiger partial charge in [0.1, 0.15) is 0 Å². The van der Waals surface area contributed by atoms with E-state index in [9.17, 15) is 14.9 Å². The molecule has 1 amide bonds. The predicted octanol–water partition coefficient (Wildman–Crippen LogP) is 4.62. The van der Waals surface area contributed by atoms with Crippen molar-refractivity contribution in [3.63, 3.8) is 0 Å². The van der Waals surface area contributed by atoms with E-state index in [-0.39, 0.29) is 22.3 Å². The van der Waals surface area contributed by atoms with Crippen LogP contribution in [0.4, 0.5) is 11.4 Å². The summed E-state index contributed by atoms with van der Waals surface area (Å²) in [4.78, 5) is 22.4. The maximum atomic E-state index is 12.2. The lowest BCUT2D eigenvalue weighted by molar-refractivity contribution is -0.384. The molecular weight excluding hydrogens is 304 g/mol. The molecule has 0 heterocycles. The molecule has 2 aromatic rings. The van der Waals surface area contributed by atoms with Crippen LogP contribution < -0.4 is 5.32 Å². The summed E-state index contributed by atoms with van der Waals surface area (Å²) in [5, 5.41) is 13.6. The van der Waals surface area contributed by atoms with Gasteiger partial charge in [0.2, 0.25) is 0 Å². The number of nitro groups is 1. The highest BCUT2D eigenvalue weighted by atomic mass is 35.5. The summed E-state index contributed by atoms with van der Waals surface area (Å²) in [6, 6.07) is 11.1. The maximum absolute atomic E-state index is 12.2. The van der Waals surface area contributed by atoms with Gasteiger partial charge in [0.25, 0.3) is 11.6 Å². The zero-order chi connectivity index (χ0) is 16.3. The molecule has 0 bridgehead atoms. The average Bonchev–Trinajstić information content (AvgIpc) is 2.49. The Labute approximate surface area is 133 Å². The summed E-state index contributed by atoms with van der Waals surface area (Å²) in [6.07, 6.45) is 0. The summed E-state index contributed by atoms with van der Waals surface area (Å²) in [6.45, 7) is 4.13. The molecule has 0 atom stereocenters. The molecule has 0 spiro atoms. The average molecular weight is 319 g/mol. The number of carbonyl (C=O) groups is 1. The van der Waals surface area contributed by atoms with Crippen LogP contribution in [0.25, 0.3) is 0 Å². The number of nitro benzene ring substituents is 1. The monoisotopic (exact) mass is 318 g/mol. The number of anilines is 1. The van der Waals surface area contributed by atoms with E-state index >= 15 is 0 Å². The van der Waals surface area contributed by atoms with Crippen LogP contribution in [-0.2, 0) is 0 Å². The summed E-state index contributed by atoms with van der Waals surface area (Å²) >= 11 is 5.96. The van der Waals surface area contributed by atoms with Crippen molar-refractivity contribution in [2.45, 2.75) is 19.8 Å². The third kappa shape index (κ3) is 3.62. The Morgan fingerprint density at radius 1 is 1.18 bits per heavy atom. The van der Waals surface area contributed by atoms with E-state index < -0.39 is 4.92 Å². The van der Waals surface area contributed by atoms with Crippen molar-refractivity contribution in [1.29, 1.82) is 0 Å². The molecule has 2 aromatic carbocycles. The maximum Gasteiger partial charge on any atom is 0.271 e. The van der Waals surface area contributed by atoms with E-state index in [0.717, 1.165) is 5.56 Å². The molecule has 1 N–H and O–H groups in total. The fraction of sp³-hybridized carbons (Fsp3) is 0.188. The van der Waals surface area contributed by atoms with Crippen LogP contribution in [0.3, 0.4) is 0 Å². The highest BCUT2D eigenvalue weighted by molar-refractivity contribution is 6.34.